The third-order valence-corrected chi connectivity index (χ3v) is 2.91. The molecule has 19 heavy (non-hydrogen) atoms. The number of aromatic nitrogens is 1. The SMILES string of the molecule is Cc1cnc(Cl)c(NCc2ccc(F)c(C#N)c2)c1. The van der Waals surface area contributed by atoms with Gasteiger partial charge in [0.15, 0.2) is 5.15 Å². The van der Waals surface area contributed by atoms with Gasteiger partial charge in [-0.2, -0.15) is 5.26 Å². The van der Waals surface area contributed by atoms with Crippen molar-refractivity contribution in [3.63, 3.8) is 0 Å². The molecule has 0 unspecified atom stereocenters. The molecule has 0 amide bonds. The summed E-state index contributed by atoms with van der Waals surface area (Å²) in [7, 11) is 0. The maximum Gasteiger partial charge on any atom is 0.152 e. The summed E-state index contributed by atoms with van der Waals surface area (Å²) in [5.74, 6) is -0.512. The summed E-state index contributed by atoms with van der Waals surface area (Å²) in [5.41, 5.74) is 2.54. The minimum Gasteiger partial charge on any atom is -0.378 e. The number of nitriles is 1. The lowest BCUT2D eigenvalue weighted by atomic mass is 10.1. The minimum atomic E-state index is -0.512. The van der Waals surface area contributed by atoms with Crippen LogP contribution in [0.15, 0.2) is 30.5 Å². The molecule has 5 heteroatoms. The molecule has 2 rings (SSSR count). The lowest BCUT2D eigenvalue weighted by Crippen LogP contribution is -2.02. The van der Waals surface area contributed by atoms with Crippen LogP contribution in [0.25, 0.3) is 0 Å². The Labute approximate surface area is 115 Å². The van der Waals surface area contributed by atoms with E-state index in [0.717, 1.165) is 11.1 Å². The maximum absolute atomic E-state index is 13.2. The van der Waals surface area contributed by atoms with Crippen LogP contribution in [-0.4, -0.2) is 4.98 Å². The highest BCUT2D eigenvalue weighted by Crippen LogP contribution is 2.21. The number of aryl methyl sites for hydroxylation is 1. The fourth-order valence-electron chi connectivity index (χ4n) is 1.64. The fourth-order valence-corrected chi connectivity index (χ4v) is 1.81. The Hall–Kier alpha value is -2.12. The first-order valence-electron chi connectivity index (χ1n) is 5.64. The van der Waals surface area contributed by atoms with Gasteiger partial charge in [-0.3, -0.25) is 0 Å². The second kappa shape index (κ2) is 5.68. The zero-order valence-electron chi connectivity index (χ0n) is 10.2. The number of hydrogen-bond acceptors (Lipinski definition) is 3. The van der Waals surface area contributed by atoms with Gasteiger partial charge in [0.1, 0.15) is 11.9 Å². The van der Waals surface area contributed by atoms with Gasteiger partial charge in [0.25, 0.3) is 0 Å². The molecule has 3 nitrogen and oxygen atoms in total. The van der Waals surface area contributed by atoms with E-state index in [0.29, 0.717) is 17.4 Å². The molecule has 0 fully saturated rings. The highest BCUT2D eigenvalue weighted by molar-refractivity contribution is 6.31. The molecule has 0 spiro atoms. The van der Waals surface area contributed by atoms with E-state index >= 15 is 0 Å². The van der Waals surface area contributed by atoms with Crippen molar-refractivity contribution < 1.29 is 4.39 Å². The third kappa shape index (κ3) is 3.21. The van der Waals surface area contributed by atoms with Gasteiger partial charge in [-0.05, 0) is 36.2 Å². The lowest BCUT2D eigenvalue weighted by molar-refractivity contribution is 0.623. The van der Waals surface area contributed by atoms with Crippen LogP contribution in [0.1, 0.15) is 16.7 Å². The van der Waals surface area contributed by atoms with Crippen LogP contribution in [0.2, 0.25) is 5.15 Å². The van der Waals surface area contributed by atoms with E-state index < -0.39 is 5.82 Å². The Morgan fingerprint density at radius 1 is 1.42 bits per heavy atom. The quantitative estimate of drug-likeness (QED) is 0.870. The van der Waals surface area contributed by atoms with E-state index in [9.17, 15) is 4.39 Å². The van der Waals surface area contributed by atoms with Crippen molar-refractivity contribution in [3.8, 4) is 6.07 Å². The smallest absolute Gasteiger partial charge is 0.152 e. The van der Waals surface area contributed by atoms with E-state index in [1.54, 1.807) is 12.3 Å². The predicted molar refractivity (Wildman–Crippen MR) is 72.4 cm³/mol. The maximum atomic E-state index is 13.2. The molecule has 1 aromatic heterocycles. The van der Waals surface area contributed by atoms with Crippen LogP contribution in [-0.2, 0) is 6.54 Å². The molecule has 0 aliphatic heterocycles. The molecule has 1 N–H and O–H groups in total. The molecule has 0 bridgehead atoms. The van der Waals surface area contributed by atoms with E-state index in [2.05, 4.69) is 10.3 Å². The molecule has 96 valence electrons. The third-order valence-electron chi connectivity index (χ3n) is 2.61. The number of nitrogens with one attached hydrogen (secondary N) is 1. The molecule has 0 saturated heterocycles. The Morgan fingerprint density at radius 3 is 2.95 bits per heavy atom. The van der Waals surface area contributed by atoms with Crippen molar-refractivity contribution >= 4 is 17.3 Å². The van der Waals surface area contributed by atoms with Crippen LogP contribution >= 0.6 is 11.6 Å². The highest BCUT2D eigenvalue weighted by atomic mass is 35.5. The molecular formula is C14H11ClFN3. The highest BCUT2D eigenvalue weighted by Gasteiger charge is 2.05. The summed E-state index contributed by atoms with van der Waals surface area (Å²) < 4.78 is 13.2. The van der Waals surface area contributed by atoms with Gasteiger partial charge in [0.05, 0.1) is 11.3 Å². The van der Waals surface area contributed by atoms with Crippen LogP contribution in [0.5, 0.6) is 0 Å². The Bertz CT molecular complexity index is 650. The number of hydrogen-bond donors (Lipinski definition) is 1. The molecular weight excluding hydrogens is 265 g/mol. The van der Waals surface area contributed by atoms with Gasteiger partial charge in [-0.1, -0.05) is 17.7 Å². The zero-order valence-corrected chi connectivity index (χ0v) is 11.0. The normalized spacial score (nSPS) is 10.0. The molecule has 0 saturated carbocycles. The summed E-state index contributed by atoms with van der Waals surface area (Å²) in [6, 6.07) is 8.11. The van der Waals surface area contributed by atoms with Crippen molar-refractivity contribution in [3.05, 3.63) is 58.1 Å². The number of benzene rings is 1. The van der Waals surface area contributed by atoms with Crippen molar-refractivity contribution in [1.82, 2.24) is 4.98 Å². The Kier molecular flexibility index (Phi) is 3.98. The number of anilines is 1. The number of halogens is 2. The largest absolute Gasteiger partial charge is 0.378 e. The summed E-state index contributed by atoms with van der Waals surface area (Å²) in [6.07, 6.45) is 1.68. The van der Waals surface area contributed by atoms with Crippen LogP contribution in [0.3, 0.4) is 0 Å². The molecule has 0 radical (unpaired) electrons. The van der Waals surface area contributed by atoms with Gasteiger partial charge in [-0.15, -0.1) is 0 Å². The average Bonchev–Trinajstić information content (AvgIpc) is 2.41. The van der Waals surface area contributed by atoms with Crippen LogP contribution in [0.4, 0.5) is 10.1 Å². The molecule has 0 atom stereocenters. The van der Waals surface area contributed by atoms with Gasteiger partial charge in [-0.25, -0.2) is 9.37 Å². The van der Waals surface area contributed by atoms with E-state index in [-0.39, 0.29) is 5.56 Å². The molecule has 2 aromatic rings. The van der Waals surface area contributed by atoms with Gasteiger partial charge in [0.2, 0.25) is 0 Å². The summed E-state index contributed by atoms with van der Waals surface area (Å²) >= 11 is 5.96. The first kappa shape index (κ1) is 13.3. The monoisotopic (exact) mass is 275 g/mol. The van der Waals surface area contributed by atoms with Gasteiger partial charge in [0, 0.05) is 12.7 Å². The Morgan fingerprint density at radius 2 is 2.21 bits per heavy atom. The second-order valence-corrected chi connectivity index (χ2v) is 4.49. The second-order valence-electron chi connectivity index (χ2n) is 4.13. The Balaban J connectivity index is 2.15. The minimum absolute atomic E-state index is 0.0350. The van der Waals surface area contributed by atoms with Crippen molar-refractivity contribution in [2.24, 2.45) is 0 Å². The van der Waals surface area contributed by atoms with Crippen molar-refractivity contribution in [2.45, 2.75) is 13.5 Å². The average molecular weight is 276 g/mol. The van der Waals surface area contributed by atoms with Gasteiger partial charge < -0.3 is 5.32 Å². The number of rotatable bonds is 3. The lowest BCUT2D eigenvalue weighted by Gasteiger charge is -2.09. The first-order valence-corrected chi connectivity index (χ1v) is 6.02. The molecule has 1 aromatic carbocycles. The summed E-state index contributed by atoms with van der Waals surface area (Å²) in [5, 5.41) is 12.3. The zero-order chi connectivity index (χ0) is 13.8. The molecule has 0 aliphatic carbocycles. The van der Waals surface area contributed by atoms with Crippen molar-refractivity contribution in [2.75, 3.05) is 5.32 Å². The van der Waals surface area contributed by atoms with Crippen LogP contribution in [0, 0.1) is 24.1 Å². The molecule has 1 heterocycles. The number of nitrogens with zero attached hydrogens (tertiary/aromatic N) is 2. The fraction of sp³-hybridized carbons (Fsp3) is 0.143. The first-order chi connectivity index (χ1) is 9.10. The van der Waals surface area contributed by atoms with E-state index in [1.807, 2.05) is 19.1 Å². The van der Waals surface area contributed by atoms with Crippen molar-refractivity contribution in [1.29, 1.82) is 5.26 Å². The topological polar surface area (TPSA) is 48.7 Å². The van der Waals surface area contributed by atoms with Gasteiger partial charge >= 0.3 is 0 Å². The number of pyridine rings is 1. The standard InChI is InChI=1S/C14H11ClFN3/c1-9-4-13(14(15)19-7-9)18-8-10-2-3-12(16)11(5-10)6-17/h2-5,7,18H,8H2,1H3. The van der Waals surface area contributed by atoms with Crippen LogP contribution < -0.4 is 5.32 Å². The van der Waals surface area contributed by atoms with E-state index in [4.69, 9.17) is 16.9 Å². The molecule has 0 aliphatic rings. The predicted octanol–water partition coefficient (Wildman–Crippen LogP) is 3.67. The summed E-state index contributed by atoms with van der Waals surface area (Å²) in [6.45, 7) is 2.36. The van der Waals surface area contributed by atoms with E-state index in [1.165, 1.54) is 12.1 Å². The summed E-state index contributed by atoms with van der Waals surface area (Å²) in [4.78, 5) is 4.03.